The molecule has 0 aliphatic carbocycles. The van der Waals surface area contributed by atoms with Crippen molar-refractivity contribution in [3.05, 3.63) is 29.6 Å². The van der Waals surface area contributed by atoms with Gasteiger partial charge in [0.25, 0.3) is 0 Å². The van der Waals surface area contributed by atoms with Crippen molar-refractivity contribution in [2.45, 2.75) is 58.3 Å². The molecule has 0 bridgehead atoms. The summed E-state index contributed by atoms with van der Waals surface area (Å²) < 4.78 is 0. The van der Waals surface area contributed by atoms with Crippen molar-refractivity contribution in [3.63, 3.8) is 0 Å². The van der Waals surface area contributed by atoms with E-state index in [4.69, 9.17) is 5.73 Å². The minimum atomic E-state index is 0.527. The van der Waals surface area contributed by atoms with Crippen LogP contribution >= 0.6 is 0 Å². The number of nitrogens with two attached hydrogens (primary N) is 1. The van der Waals surface area contributed by atoms with Crippen molar-refractivity contribution < 1.29 is 0 Å². The maximum Gasteiger partial charge on any atom is 0.0542 e. The molecule has 2 N–H and O–H groups in total. The smallest absolute Gasteiger partial charge is 0.0542 e. The second-order valence-electron chi connectivity index (χ2n) is 5.16. The van der Waals surface area contributed by atoms with E-state index in [2.05, 4.69) is 35.9 Å². The van der Waals surface area contributed by atoms with Gasteiger partial charge in [-0.15, -0.1) is 0 Å². The summed E-state index contributed by atoms with van der Waals surface area (Å²) in [5.74, 6) is 0. The molecule has 0 radical (unpaired) electrons. The van der Waals surface area contributed by atoms with Crippen molar-refractivity contribution in [2.75, 3.05) is 0 Å². The minimum Gasteiger partial charge on any atom is -0.325 e. The van der Waals surface area contributed by atoms with Crippen molar-refractivity contribution in [2.24, 2.45) is 5.73 Å². The molecule has 17 heavy (non-hydrogen) atoms. The van der Waals surface area contributed by atoms with Crippen LogP contribution in [0.5, 0.6) is 0 Å². The lowest BCUT2D eigenvalue weighted by atomic mass is 9.97. The molecule has 1 aliphatic heterocycles. The second kappa shape index (κ2) is 5.61. The summed E-state index contributed by atoms with van der Waals surface area (Å²) in [6.45, 7) is 6.22. The van der Waals surface area contributed by atoms with E-state index in [9.17, 15) is 0 Å². The van der Waals surface area contributed by atoms with E-state index >= 15 is 0 Å². The van der Waals surface area contributed by atoms with E-state index < -0.39 is 0 Å². The Balaban J connectivity index is 2.07. The second-order valence-corrected chi connectivity index (χ2v) is 5.16. The molecule has 2 heterocycles. The van der Waals surface area contributed by atoms with E-state index in [0.717, 1.165) is 12.2 Å². The first kappa shape index (κ1) is 12.5. The lowest BCUT2D eigenvalue weighted by Gasteiger charge is -2.39. The molecule has 1 aromatic heterocycles. The summed E-state index contributed by atoms with van der Waals surface area (Å²) >= 11 is 0. The van der Waals surface area contributed by atoms with E-state index in [-0.39, 0.29) is 0 Å². The van der Waals surface area contributed by atoms with Gasteiger partial charge in [-0.25, -0.2) is 0 Å². The Hall–Kier alpha value is -0.930. The van der Waals surface area contributed by atoms with Crippen LogP contribution in [0.3, 0.4) is 0 Å². The van der Waals surface area contributed by atoms with Crippen molar-refractivity contribution in [1.82, 2.24) is 9.88 Å². The number of nitrogens with zero attached hydrogens (tertiary/aromatic N) is 2. The first-order valence-electron chi connectivity index (χ1n) is 6.60. The number of aromatic nitrogens is 1. The van der Waals surface area contributed by atoms with Gasteiger partial charge in [-0.05, 0) is 44.4 Å². The first-order valence-corrected chi connectivity index (χ1v) is 6.60. The van der Waals surface area contributed by atoms with Crippen LogP contribution in [-0.2, 0) is 13.1 Å². The molecule has 2 rings (SSSR count). The third-order valence-corrected chi connectivity index (χ3v) is 3.83. The summed E-state index contributed by atoms with van der Waals surface area (Å²) in [6.07, 6.45) is 5.87. The van der Waals surface area contributed by atoms with Gasteiger partial charge in [-0.1, -0.05) is 6.42 Å². The topological polar surface area (TPSA) is 42.2 Å². The van der Waals surface area contributed by atoms with Crippen LogP contribution in [-0.4, -0.2) is 22.0 Å². The van der Waals surface area contributed by atoms with Gasteiger partial charge in [0, 0.05) is 31.4 Å². The molecule has 94 valence electrons. The molecule has 2 atom stereocenters. The number of piperidine rings is 1. The Morgan fingerprint density at radius 3 is 2.71 bits per heavy atom. The van der Waals surface area contributed by atoms with Gasteiger partial charge in [0.2, 0.25) is 0 Å². The standard InChI is InChI=1S/C14H23N3/c1-11-4-3-5-12(2)17(11)10-13-6-7-16-14(8-13)9-15/h6-8,11-12H,3-5,9-10,15H2,1-2H3/t11-,12+. The van der Waals surface area contributed by atoms with E-state index in [0.29, 0.717) is 18.6 Å². The van der Waals surface area contributed by atoms with Crippen LogP contribution < -0.4 is 5.73 Å². The Bertz CT molecular complexity index is 354. The molecule has 1 aromatic rings. The zero-order valence-corrected chi connectivity index (χ0v) is 10.9. The number of likely N-dealkylation sites (tertiary alicyclic amines) is 1. The molecule has 3 nitrogen and oxygen atoms in total. The average Bonchev–Trinajstić information content (AvgIpc) is 2.34. The van der Waals surface area contributed by atoms with Crippen LogP contribution in [0.4, 0.5) is 0 Å². The average molecular weight is 233 g/mol. The molecule has 0 amide bonds. The fourth-order valence-corrected chi connectivity index (χ4v) is 2.74. The number of hydrogen-bond acceptors (Lipinski definition) is 3. The minimum absolute atomic E-state index is 0.527. The van der Waals surface area contributed by atoms with Crippen LogP contribution in [0.2, 0.25) is 0 Å². The largest absolute Gasteiger partial charge is 0.325 e. The first-order chi connectivity index (χ1) is 8.20. The van der Waals surface area contributed by atoms with Crippen LogP contribution in [0.15, 0.2) is 18.3 Å². The SMILES string of the molecule is C[C@@H]1CCC[C@H](C)N1Cc1ccnc(CN)c1. The maximum atomic E-state index is 5.63. The molecule has 0 unspecified atom stereocenters. The predicted octanol–water partition coefficient (Wildman–Crippen LogP) is 2.30. The zero-order valence-electron chi connectivity index (χ0n) is 10.9. The van der Waals surface area contributed by atoms with Gasteiger partial charge in [-0.2, -0.15) is 0 Å². The fraction of sp³-hybridized carbons (Fsp3) is 0.643. The summed E-state index contributed by atoms with van der Waals surface area (Å²) in [5.41, 5.74) is 7.95. The van der Waals surface area contributed by atoms with E-state index in [1.807, 2.05) is 6.20 Å². The summed E-state index contributed by atoms with van der Waals surface area (Å²) in [6, 6.07) is 5.61. The van der Waals surface area contributed by atoms with Gasteiger partial charge in [-0.3, -0.25) is 9.88 Å². The Kier molecular flexibility index (Phi) is 4.13. The fourth-order valence-electron chi connectivity index (χ4n) is 2.74. The molecular formula is C14H23N3. The van der Waals surface area contributed by atoms with Crippen LogP contribution in [0.1, 0.15) is 44.4 Å². The van der Waals surface area contributed by atoms with Gasteiger partial charge >= 0.3 is 0 Å². The predicted molar refractivity (Wildman–Crippen MR) is 70.4 cm³/mol. The lowest BCUT2D eigenvalue weighted by molar-refractivity contribution is 0.0952. The highest BCUT2D eigenvalue weighted by Gasteiger charge is 2.24. The molecule has 1 fully saturated rings. The van der Waals surface area contributed by atoms with Crippen LogP contribution in [0.25, 0.3) is 0 Å². The monoisotopic (exact) mass is 233 g/mol. The highest BCUT2D eigenvalue weighted by molar-refractivity contribution is 5.16. The van der Waals surface area contributed by atoms with Gasteiger partial charge in [0.05, 0.1) is 5.69 Å². The van der Waals surface area contributed by atoms with Gasteiger partial charge in [0.1, 0.15) is 0 Å². The maximum absolute atomic E-state index is 5.63. The Morgan fingerprint density at radius 1 is 1.35 bits per heavy atom. The van der Waals surface area contributed by atoms with Crippen molar-refractivity contribution in [3.8, 4) is 0 Å². The zero-order chi connectivity index (χ0) is 12.3. The summed E-state index contributed by atoms with van der Waals surface area (Å²) in [4.78, 5) is 6.84. The van der Waals surface area contributed by atoms with Crippen molar-refractivity contribution in [1.29, 1.82) is 0 Å². The molecular weight excluding hydrogens is 210 g/mol. The quantitative estimate of drug-likeness (QED) is 0.871. The van der Waals surface area contributed by atoms with Crippen LogP contribution in [0, 0.1) is 0 Å². The number of hydrogen-bond donors (Lipinski definition) is 1. The van der Waals surface area contributed by atoms with Crippen molar-refractivity contribution >= 4 is 0 Å². The molecule has 1 aliphatic rings. The number of rotatable bonds is 3. The van der Waals surface area contributed by atoms with Gasteiger partial charge < -0.3 is 5.73 Å². The molecule has 0 spiro atoms. The Morgan fingerprint density at radius 2 is 2.06 bits per heavy atom. The highest BCUT2D eigenvalue weighted by Crippen LogP contribution is 2.24. The summed E-state index contributed by atoms with van der Waals surface area (Å²) in [5, 5.41) is 0. The van der Waals surface area contributed by atoms with E-state index in [1.165, 1.54) is 24.8 Å². The van der Waals surface area contributed by atoms with Gasteiger partial charge in [0.15, 0.2) is 0 Å². The molecule has 0 aromatic carbocycles. The highest BCUT2D eigenvalue weighted by atomic mass is 15.2. The summed E-state index contributed by atoms with van der Waals surface area (Å²) in [7, 11) is 0. The number of pyridine rings is 1. The molecule has 1 saturated heterocycles. The normalized spacial score (nSPS) is 26.1. The molecule has 0 saturated carbocycles. The molecule has 3 heteroatoms. The lowest BCUT2D eigenvalue weighted by Crippen LogP contribution is -2.42. The Labute approximate surface area is 104 Å². The third kappa shape index (κ3) is 3.05. The third-order valence-electron chi connectivity index (χ3n) is 3.83. The van der Waals surface area contributed by atoms with E-state index in [1.54, 1.807) is 0 Å².